The molecule has 0 unspecified atom stereocenters. The minimum Gasteiger partial charge on any atom is -0.441 e. The number of halogens is 3. The fourth-order valence-corrected chi connectivity index (χ4v) is 2.32. The number of nitrogens with zero attached hydrogens (tertiary/aromatic N) is 1. The molecule has 0 saturated heterocycles. The first kappa shape index (κ1) is 16.0. The van der Waals surface area contributed by atoms with Crippen molar-refractivity contribution in [1.29, 1.82) is 0 Å². The SMILES string of the molecule is Cc1nc2cc(NC(=O)Cc3ccc(C(F)(F)F)cc3)ccc2o1. The van der Waals surface area contributed by atoms with E-state index in [4.69, 9.17) is 4.42 Å². The molecule has 0 fully saturated rings. The van der Waals surface area contributed by atoms with Gasteiger partial charge in [0.2, 0.25) is 5.91 Å². The van der Waals surface area contributed by atoms with Gasteiger partial charge in [0, 0.05) is 12.6 Å². The summed E-state index contributed by atoms with van der Waals surface area (Å²) >= 11 is 0. The van der Waals surface area contributed by atoms with Crippen molar-refractivity contribution < 1.29 is 22.4 Å². The Morgan fingerprint density at radius 2 is 1.88 bits per heavy atom. The predicted octanol–water partition coefficient (Wildman–Crippen LogP) is 4.34. The molecule has 1 amide bonds. The van der Waals surface area contributed by atoms with E-state index in [0.717, 1.165) is 12.1 Å². The first-order valence-electron chi connectivity index (χ1n) is 7.14. The summed E-state index contributed by atoms with van der Waals surface area (Å²) in [7, 11) is 0. The molecule has 24 heavy (non-hydrogen) atoms. The van der Waals surface area contributed by atoms with Crippen molar-refractivity contribution in [3.05, 3.63) is 59.5 Å². The Balaban J connectivity index is 1.68. The van der Waals surface area contributed by atoms with E-state index in [1.54, 1.807) is 25.1 Å². The molecular weight excluding hydrogens is 321 g/mol. The second-order valence-electron chi connectivity index (χ2n) is 5.34. The highest BCUT2D eigenvalue weighted by atomic mass is 19.4. The van der Waals surface area contributed by atoms with Crippen LogP contribution in [0.15, 0.2) is 46.9 Å². The van der Waals surface area contributed by atoms with Gasteiger partial charge in [-0.2, -0.15) is 13.2 Å². The van der Waals surface area contributed by atoms with Crippen LogP contribution < -0.4 is 5.32 Å². The van der Waals surface area contributed by atoms with Crippen molar-refractivity contribution in [1.82, 2.24) is 4.98 Å². The molecule has 7 heteroatoms. The van der Waals surface area contributed by atoms with E-state index in [-0.39, 0.29) is 12.3 Å². The van der Waals surface area contributed by atoms with Crippen LogP contribution in [-0.4, -0.2) is 10.9 Å². The minimum atomic E-state index is -4.38. The molecule has 1 aromatic heterocycles. The second kappa shape index (κ2) is 5.99. The third kappa shape index (κ3) is 3.56. The fraction of sp³-hybridized carbons (Fsp3) is 0.176. The van der Waals surface area contributed by atoms with Gasteiger partial charge in [0.05, 0.1) is 12.0 Å². The van der Waals surface area contributed by atoms with Gasteiger partial charge < -0.3 is 9.73 Å². The first-order chi connectivity index (χ1) is 11.3. The summed E-state index contributed by atoms with van der Waals surface area (Å²) in [6, 6.07) is 9.58. The average Bonchev–Trinajstić information content (AvgIpc) is 2.86. The third-order valence-electron chi connectivity index (χ3n) is 3.42. The highest BCUT2D eigenvalue weighted by Crippen LogP contribution is 2.29. The summed E-state index contributed by atoms with van der Waals surface area (Å²) in [6.45, 7) is 1.73. The van der Waals surface area contributed by atoms with Gasteiger partial charge in [-0.25, -0.2) is 4.98 Å². The number of anilines is 1. The molecule has 0 atom stereocenters. The van der Waals surface area contributed by atoms with Crippen LogP contribution in [-0.2, 0) is 17.4 Å². The quantitative estimate of drug-likeness (QED) is 0.775. The highest BCUT2D eigenvalue weighted by molar-refractivity contribution is 5.94. The Hall–Kier alpha value is -2.83. The number of amides is 1. The van der Waals surface area contributed by atoms with E-state index < -0.39 is 11.7 Å². The lowest BCUT2D eigenvalue weighted by Crippen LogP contribution is -2.14. The summed E-state index contributed by atoms with van der Waals surface area (Å²) in [5.41, 5.74) is 1.55. The topological polar surface area (TPSA) is 55.1 Å². The summed E-state index contributed by atoms with van der Waals surface area (Å²) < 4.78 is 42.9. The minimum absolute atomic E-state index is 0.0198. The lowest BCUT2D eigenvalue weighted by atomic mass is 10.1. The number of hydrogen-bond donors (Lipinski definition) is 1. The number of hydrogen-bond acceptors (Lipinski definition) is 3. The van der Waals surface area contributed by atoms with Gasteiger partial charge in [0.1, 0.15) is 5.52 Å². The van der Waals surface area contributed by atoms with Gasteiger partial charge in [-0.1, -0.05) is 12.1 Å². The number of aryl methyl sites for hydroxylation is 1. The number of aromatic nitrogens is 1. The maximum atomic E-state index is 12.5. The number of benzene rings is 2. The Kier molecular flexibility index (Phi) is 4.01. The third-order valence-corrected chi connectivity index (χ3v) is 3.42. The zero-order valence-corrected chi connectivity index (χ0v) is 12.6. The van der Waals surface area contributed by atoms with Gasteiger partial charge in [-0.05, 0) is 35.9 Å². The smallest absolute Gasteiger partial charge is 0.416 e. The Morgan fingerprint density at radius 3 is 2.54 bits per heavy atom. The monoisotopic (exact) mass is 334 g/mol. The van der Waals surface area contributed by atoms with Gasteiger partial charge in [-0.15, -0.1) is 0 Å². The largest absolute Gasteiger partial charge is 0.441 e. The average molecular weight is 334 g/mol. The molecule has 1 N–H and O–H groups in total. The summed E-state index contributed by atoms with van der Waals surface area (Å²) in [5.74, 6) is 0.201. The number of carbonyl (C=O) groups is 1. The zero-order valence-electron chi connectivity index (χ0n) is 12.6. The molecule has 0 spiro atoms. The van der Waals surface area contributed by atoms with Crippen molar-refractivity contribution in [2.24, 2.45) is 0 Å². The van der Waals surface area contributed by atoms with Gasteiger partial charge >= 0.3 is 6.18 Å². The van der Waals surface area contributed by atoms with Gasteiger partial charge in [0.15, 0.2) is 11.5 Å². The predicted molar refractivity (Wildman–Crippen MR) is 82.5 cm³/mol. The molecule has 3 aromatic rings. The summed E-state index contributed by atoms with van der Waals surface area (Å²) in [5, 5.41) is 2.69. The van der Waals surface area contributed by atoms with Crippen LogP contribution in [0.1, 0.15) is 17.0 Å². The molecule has 0 bridgehead atoms. The summed E-state index contributed by atoms with van der Waals surface area (Å²) in [4.78, 5) is 16.2. The summed E-state index contributed by atoms with van der Waals surface area (Å²) in [6.07, 6.45) is -4.40. The van der Waals surface area contributed by atoms with E-state index in [0.29, 0.717) is 28.2 Å². The molecule has 0 radical (unpaired) electrons. The van der Waals surface area contributed by atoms with E-state index in [1.807, 2.05) is 0 Å². The maximum Gasteiger partial charge on any atom is 0.416 e. The van der Waals surface area contributed by atoms with Gasteiger partial charge in [0.25, 0.3) is 0 Å². The van der Waals surface area contributed by atoms with E-state index in [2.05, 4.69) is 10.3 Å². The van der Waals surface area contributed by atoms with E-state index in [9.17, 15) is 18.0 Å². The molecule has 2 aromatic carbocycles. The van der Waals surface area contributed by atoms with Gasteiger partial charge in [-0.3, -0.25) is 4.79 Å². The maximum absolute atomic E-state index is 12.5. The number of carbonyl (C=O) groups excluding carboxylic acids is 1. The molecular formula is C17H13F3N2O2. The number of alkyl halides is 3. The number of fused-ring (bicyclic) bond motifs is 1. The first-order valence-corrected chi connectivity index (χ1v) is 7.14. The van der Waals surface area contributed by atoms with Crippen molar-refractivity contribution in [2.75, 3.05) is 5.32 Å². The number of nitrogens with one attached hydrogen (secondary N) is 1. The lowest BCUT2D eigenvalue weighted by Gasteiger charge is -2.08. The molecule has 124 valence electrons. The van der Waals surface area contributed by atoms with Crippen molar-refractivity contribution in [2.45, 2.75) is 19.5 Å². The lowest BCUT2D eigenvalue weighted by molar-refractivity contribution is -0.137. The Morgan fingerprint density at radius 1 is 1.17 bits per heavy atom. The van der Waals surface area contributed by atoms with Crippen molar-refractivity contribution in [3.63, 3.8) is 0 Å². The standard InChI is InChI=1S/C17H13F3N2O2/c1-10-21-14-9-13(6-7-15(14)24-10)22-16(23)8-11-2-4-12(5-3-11)17(18,19)20/h2-7,9H,8H2,1H3,(H,22,23). The Labute approximate surface area is 135 Å². The number of oxazole rings is 1. The van der Waals surface area contributed by atoms with Crippen LogP contribution in [0.2, 0.25) is 0 Å². The second-order valence-corrected chi connectivity index (χ2v) is 5.34. The molecule has 0 aliphatic rings. The molecule has 0 aliphatic carbocycles. The molecule has 0 saturated carbocycles. The highest BCUT2D eigenvalue weighted by Gasteiger charge is 2.29. The van der Waals surface area contributed by atoms with Crippen LogP contribution >= 0.6 is 0 Å². The normalized spacial score (nSPS) is 11.7. The fourth-order valence-electron chi connectivity index (χ4n) is 2.32. The van der Waals surface area contributed by atoms with Crippen LogP contribution in [0.25, 0.3) is 11.1 Å². The van der Waals surface area contributed by atoms with Crippen LogP contribution in [0.4, 0.5) is 18.9 Å². The molecule has 1 heterocycles. The van der Waals surface area contributed by atoms with E-state index in [1.165, 1.54) is 12.1 Å². The zero-order chi connectivity index (χ0) is 17.3. The van der Waals surface area contributed by atoms with Crippen LogP contribution in [0.5, 0.6) is 0 Å². The van der Waals surface area contributed by atoms with Crippen LogP contribution in [0, 0.1) is 6.92 Å². The van der Waals surface area contributed by atoms with Crippen molar-refractivity contribution in [3.8, 4) is 0 Å². The molecule has 3 rings (SSSR count). The van der Waals surface area contributed by atoms with Crippen LogP contribution in [0.3, 0.4) is 0 Å². The van der Waals surface area contributed by atoms with Crippen molar-refractivity contribution >= 4 is 22.7 Å². The number of rotatable bonds is 3. The molecule has 4 nitrogen and oxygen atoms in total. The Bertz CT molecular complexity index is 883. The van der Waals surface area contributed by atoms with E-state index >= 15 is 0 Å². The molecule has 0 aliphatic heterocycles.